The second-order valence-electron chi connectivity index (χ2n) is 8.15. The molecule has 4 aromatic carbocycles. The highest BCUT2D eigenvalue weighted by molar-refractivity contribution is 5.73. The smallest absolute Gasteiger partial charge is 0.213 e. The summed E-state index contributed by atoms with van der Waals surface area (Å²) in [7, 11) is 0. The third kappa shape index (κ3) is 4.62. The molecule has 0 aliphatic heterocycles. The third-order valence-corrected chi connectivity index (χ3v) is 5.95. The van der Waals surface area contributed by atoms with E-state index in [2.05, 4.69) is 89.5 Å². The van der Waals surface area contributed by atoms with Crippen LogP contribution in [0.5, 0.6) is 0 Å². The molecule has 0 bridgehead atoms. The Labute approximate surface area is 195 Å². The lowest BCUT2D eigenvalue weighted by atomic mass is 9.98. The van der Waals surface area contributed by atoms with Crippen molar-refractivity contribution < 1.29 is 9.67 Å². The van der Waals surface area contributed by atoms with Gasteiger partial charge in [0.05, 0.1) is 0 Å². The van der Waals surface area contributed by atoms with Gasteiger partial charge < -0.3 is 5.11 Å². The summed E-state index contributed by atoms with van der Waals surface area (Å²) in [4.78, 5) is 0. The van der Waals surface area contributed by atoms with Gasteiger partial charge in [-0.2, -0.15) is 4.57 Å². The molecule has 0 aliphatic rings. The van der Waals surface area contributed by atoms with Gasteiger partial charge in [-0.1, -0.05) is 97.1 Å². The zero-order valence-electron chi connectivity index (χ0n) is 18.4. The highest BCUT2D eigenvalue weighted by Gasteiger charge is 2.25. The zero-order chi connectivity index (χ0) is 22.5. The van der Waals surface area contributed by atoms with Crippen LogP contribution in [0.3, 0.4) is 0 Å². The maximum absolute atomic E-state index is 11.2. The molecule has 5 rings (SSSR count). The summed E-state index contributed by atoms with van der Waals surface area (Å²) in [5, 5.41) is 11.2. The predicted octanol–water partition coefficient (Wildman–Crippen LogP) is 6.71. The molecular weight excluding hydrogens is 402 g/mol. The van der Waals surface area contributed by atoms with E-state index in [1.807, 2.05) is 48.5 Å². The summed E-state index contributed by atoms with van der Waals surface area (Å²) < 4.78 is 2.24. The van der Waals surface area contributed by atoms with Crippen molar-refractivity contribution in [2.24, 2.45) is 0 Å². The Morgan fingerprint density at radius 2 is 0.879 bits per heavy atom. The zero-order valence-corrected chi connectivity index (χ0v) is 18.4. The lowest BCUT2D eigenvalue weighted by molar-refractivity contribution is -0.683. The van der Waals surface area contributed by atoms with Crippen LogP contribution in [0.2, 0.25) is 0 Å². The van der Waals surface area contributed by atoms with E-state index in [0.717, 1.165) is 33.6 Å². The predicted molar refractivity (Wildman–Crippen MR) is 134 cm³/mol. The summed E-state index contributed by atoms with van der Waals surface area (Å²) in [6.07, 6.45) is -0.622. The van der Waals surface area contributed by atoms with Crippen molar-refractivity contribution in [1.29, 1.82) is 0 Å². The lowest BCUT2D eigenvalue weighted by Crippen LogP contribution is -2.41. The van der Waals surface area contributed by atoms with Crippen molar-refractivity contribution in [2.75, 3.05) is 0 Å². The van der Waals surface area contributed by atoms with Crippen molar-refractivity contribution in [3.63, 3.8) is 0 Å². The fraction of sp³-hybridized carbons (Fsp3) is 0.0645. The molecule has 1 N–H and O–H groups in total. The average molecular weight is 429 g/mol. The maximum Gasteiger partial charge on any atom is 0.213 e. The van der Waals surface area contributed by atoms with E-state index in [1.165, 1.54) is 5.56 Å². The van der Waals surface area contributed by atoms with E-state index >= 15 is 0 Å². The Morgan fingerprint density at radius 3 is 1.33 bits per heavy atom. The number of hydrogen-bond donors (Lipinski definition) is 1. The molecule has 0 saturated heterocycles. The first-order valence-electron chi connectivity index (χ1n) is 11.3. The molecule has 160 valence electrons. The van der Waals surface area contributed by atoms with Crippen molar-refractivity contribution in [3.8, 4) is 33.6 Å². The summed E-state index contributed by atoms with van der Waals surface area (Å²) in [5.74, 6) is 0. The summed E-state index contributed by atoms with van der Waals surface area (Å²) in [6.45, 7) is 0.452. The number of rotatable bonds is 6. The first-order chi connectivity index (χ1) is 16.3. The molecule has 5 aromatic rings. The third-order valence-electron chi connectivity index (χ3n) is 5.95. The van der Waals surface area contributed by atoms with Crippen LogP contribution in [0.25, 0.3) is 33.6 Å². The average Bonchev–Trinajstić information content (AvgIpc) is 2.90. The highest BCUT2D eigenvalue weighted by Crippen LogP contribution is 2.30. The molecule has 2 heteroatoms. The number of aliphatic hydroxyl groups excluding tert-OH is 1. The summed E-state index contributed by atoms with van der Waals surface area (Å²) in [5.41, 5.74) is 7.62. The Hall–Kier alpha value is -4.01. The van der Waals surface area contributed by atoms with Crippen LogP contribution in [-0.2, 0) is 6.54 Å². The molecule has 0 radical (unpaired) electrons. The van der Waals surface area contributed by atoms with Crippen molar-refractivity contribution in [2.45, 2.75) is 12.6 Å². The Balaban J connectivity index is 1.74. The highest BCUT2D eigenvalue weighted by atomic mass is 16.3. The summed E-state index contributed by atoms with van der Waals surface area (Å²) >= 11 is 0. The lowest BCUT2D eigenvalue weighted by Gasteiger charge is -2.15. The Morgan fingerprint density at radius 1 is 0.485 bits per heavy atom. The van der Waals surface area contributed by atoms with Crippen LogP contribution < -0.4 is 4.57 Å². The van der Waals surface area contributed by atoms with Gasteiger partial charge in [0.2, 0.25) is 11.4 Å². The van der Waals surface area contributed by atoms with Gasteiger partial charge in [-0.3, -0.25) is 0 Å². The van der Waals surface area contributed by atoms with Crippen LogP contribution >= 0.6 is 0 Å². The minimum absolute atomic E-state index is 0.452. The van der Waals surface area contributed by atoms with Gasteiger partial charge in [-0.25, -0.2) is 0 Å². The Bertz CT molecular complexity index is 1260. The molecule has 1 atom stereocenters. The van der Waals surface area contributed by atoms with Crippen LogP contribution in [-0.4, -0.2) is 5.11 Å². The van der Waals surface area contributed by atoms with Crippen molar-refractivity contribution in [3.05, 3.63) is 139 Å². The molecule has 0 fully saturated rings. The van der Waals surface area contributed by atoms with Crippen LogP contribution in [0.15, 0.2) is 133 Å². The van der Waals surface area contributed by atoms with Crippen LogP contribution in [0.1, 0.15) is 11.7 Å². The number of aliphatic hydroxyl groups is 1. The van der Waals surface area contributed by atoms with Crippen molar-refractivity contribution in [1.82, 2.24) is 0 Å². The fourth-order valence-corrected chi connectivity index (χ4v) is 4.27. The molecule has 2 nitrogen and oxygen atoms in total. The molecular formula is C31H26NO+. The van der Waals surface area contributed by atoms with E-state index < -0.39 is 6.10 Å². The van der Waals surface area contributed by atoms with E-state index in [9.17, 15) is 5.11 Å². The SMILES string of the molecule is O[C@@H](C[n+]1c(-c2ccccc2)cc(-c2ccccc2)cc1-c1ccccc1)c1ccccc1. The van der Waals surface area contributed by atoms with Gasteiger partial charge in [0.25, 0.3) is 0 Å². The minimum Gasteiger partial charge on any atom is -0.382 e. The first kappa shape index (κ1) is 20.9. The van der Waals surface area contributed by atoms with Gasteiger partial charge in [-0.15, -0.1) is 0 Å². The van der Waals surface area contributed by atoms with Crippen LogP contribution in [0, 0.1) is 0 Å². The maximum atomic E-state index is 11.2. The number of nitrogens with zero attached hydrogens (tertiary/aromatic N) is 1. The molecule has 0 unspecified atom stereocenters. The molecule has 0 saturated carbocycles. The molecule has 0 spiro atoms. The second kappa shape index (κ2) is 9.64. The second-order valence-corrected chi connectivity index (χ2v) is 8.15. The van der Waals surface area contributed by atoms with Gasteiger partial charge in [0.15, 0.2) is 6.54 Å². The topological polar surface area (TPSA) is 24.1 Å². The number of benzene rings is 4. The molecule has 33 heavy (non-hydrogen) atoms. The largest absolute Gasteiger partial charge is 0.382 e. The first-order valence-corrected chi connectivity index (χ1v) is 11.3. The van der Waals surface area contributed by atoms with Gasteiger partial charge in [0.1, 0.15) is 6.10 Å². The van der Waals surface area contributed by atoms with E-state index in [0.29, 0.717) is 6.54 Å². The van der Waals surface area contributed by atoms with Gasteiger partial charge in [0, 0.05) is 23.3 Å². The number of aromatic nitrogens is 1. The van der Waals surface area contributed by atoms with Gasteiger partial charge in [-0.05, 0) is 41.0 Å². The normalized spacial score (nSPS) is 11.8. The number of hydrogen-bond acceptors (Lipinski definition) is 1. The standard InChI is InChI=1S/C31H26NO/c33-31(27-19-11-4-12-20-27)23-32-29(25-15-7-2-8-16-25)21-28(24-13-5-1-6-14-24)22-30(32)26-17-9-3-10-18-26/h1-22,31,33H,23H2/q+1/t31-/m0/s1. The molecule has 1 aromatic heterocycles. The summed E-state index contributed by atoms with van der Waals surface area (Å²) in [6, 6.07) is 45.6. The van der Waals surface area contributed by atoms with Gasteiger partial charge >= 0.3 is 0 Å². The van der Waals surface area contributed by atoms with Crippen molar-refractivity contribution >= 4 is 0 Å². The Kier molecular flexibility index (Phi) is 6.10. The van der Waals surface area contributed by atoms with E-state index in [4.69, 9.17) is 0 Å². The minimum atomic E-state index is -0.622. The van der Waals surface area contributed by atoms with Crippen LogP contribution in [0.4, 0.5) is 0 Å². The molecule has 1 heterocycles. The monoisotopic (exact) mass is 428 g/mol. The quantitative estimate of drug-likeness (QED) is 0.299. The van der Waals surface area contributed by atoms with E-state index in [1.54, 1.807) is 0 Å². The van der Waals surface area contributed by atoms with E-state index in [-0.39, 0.29) is 0 Å². The fourth-order valence-electron chi connectivity index (χ4n) is 4.27. The molecule has 0 aliphatic carbocycles. The number of pyridine rings is 1. The molecule has 0 amide bonds.